The van der Waals surface area contributed by atoms with Gasteiger partial charge in [0.05, 0.1) is 16.7 Å². The molecule has 0 aromatic heterocycles. The molecule has 1 saturated carbocycles. The Morgan fingerprint density at radius 2 is 1.94 bits per heavy atom. The minimum atomic E-state index is -0.0886. The smallest absolute Gasteiger partial charge is 0.254 e. The average Bonchev–Trinajstić information content (AvgIpc) is 3.09. The standard InChI is InChI=1S/C25H23ClN2O3/c1-15(2)24(29)16-4-10-22-18(11-16)14-28(25(22)30)19-5-8-20(9-6-19)31-21-7-3-17(13-27)23(26)12-21/h3-4,7,10-12,19-20H,1,5-6,8-9,14H2,2H3. The second-order valence-corrected chi connectivity index (χ2v) is 8.62. The summed E-state index contributed by atoms with van der Waals surface area (Å²) in [5.41, 5.74) is 3.09. The van der Waals surface area contributed by atoms with E-state index in [1.807, 2.05) is 17.0 Å². The van der Waals surface area contributed by atoms with Crippen molar-refractivity contribution in [1.29, 1.82) is 5.26 Å². The fraction of sp³-hybridized carbons (Fsp3) is 0.320. The zero-order valence-corrected chi connectivity index (χ0v) is 18.1. The van der Waals surface area contributed by atoms with Crippen molar-refractivity contribution in [3.05, 3.63) is 75.8 Å². The fourth-order valence-corrected chi connectivity index (χ4v) is 4.57. The number of hydrogen-bond acceptors (Lipinski definition) is 4. The van der Waals surface area contributed by atoms with Crippen LogP contribution in [0.2, 0.25) is 5.02 Å². The average molecular weight is 435 g/mol. The van der Waals surface area contributed by atoms with Gasteiger partial charge in [0.25, 0.3) is 5.91 Å². The lowest BCUT2D eigenvalue weighted by atomic mass is 9.92. The number of Topliss-reactive ketones (excluding diaryl/α,β-unsaturated/α-hetero) is 1. The maximum absolute atomic E-state index is 12.9. The van der Waals surface area contributed by atoms with E-state index in [9.17, 15) is 9.59 Å². The first-order valence-corrected chi connectivity index (χ1v) is 10.8. The predicted octanol–water partition coefficient (Wildman–Crippen LogP) is 5.32. The van der Waals surface area contributed by atoms with Crippen LogP contribution in [0.3, 0.4) is 0 Å². The quantitative estimate of drug-likeness (QED) is 0.472. The number of halogens is 1. The number of ketones is 1. The molecule has 1 aliphatic heterocycles. The van der Waals surface area contributed by atoms with Gasteiger partial charge in [-0.3, -0.25) is 9.59 Å². The molecule has 0 spiro atoms. The largest absolute Gasteiger partial charge is 0.490 e. The topological polar surface area (TPSA) is 70.4 Å². The summed E-state index contributed by atoms with van der Waals surface area (Å²) in [5, 5.41) is 9.38. The van der Waals surface area contributed by atoms with Crippen LogP contribution in [-0.4, -0.2) is 28.7 Å². The van der Waals surface area contributed by atoms with E-state index in [1.54, 1.807) is 37.3 Å². The zero-order valence-electron chi connectivity index (χ0n) is 17.4. The number of allylic oxidation sites excluding steroid dienone is 1. The molecule has 0 atom stereocenters. The molecule has 2 aromatic rings. The third-order valence-corrected chi connectivity index (χ3v) is 6.35. The molecule has 6 heteroatoms. The summed E-state index contributed by atoms with van der Waals surface area (Å²) in [6.07, 6.45) is 3.43. The summed E-state index contributed by atoms with van der Waals surface area (Å²) < 4.78 is 6.06. The highest BCUT2D eigenvalue weighted by Gasteiger charge is 2.35. The van der Waals surface area contributed by atoms with Gasteiger partial charge >= 0.3 is 0 Å². The summed E-state index contributed by atoms with van der Waals surface area (Å²) in [6.45, 7) is 5.95. The third kappa shape index (κ3) is 4.22. The van der Waals surface area contributed by atoms with Crippen LogP contribution >= 0.6 is 11.6 Å². The van der Waals surface area contributed by atoms with E-state index < -0.39 is 0 Å². The van der Waals surface area contributed by atoms with Crippen molar-refractivity contribution in [2.75, 3.05) is 0 Å². The molecule has 0 N–H and O–H groups in total. The lowest BCUT2D eigenvalue weighted by Crippen LogP contribution is -2.40. The predicted molar refractivity (Wildman–Crippen MR) is 118 cm³/mol. The highest BCUT2D eigenvalue weighted by molar-refractivity contribution is 6.31. The van der Waals surface area contributed by atoms with Gasteiger partial charge in [0, 0.05) is 29.8 Å². The molecule has 5 nitrogen and oxygen atoms in total. The Kier molecular flexibility index (Phi) is 5.84. The molecule has 0 unspecified atom stereocenters. The van der Waals surface area contributed by atoms with Crippen LogP contribution in [0, 0.1) is 11.3 Å². The summed E-state index contributed by atoms with van der Waals surface area (Å²) in [5.74, 6) is 0.605. The van der Waals surface area contributed by atoms with Crippen LogP contribution in [-0.2, 0) is 6.54 Å². The van der Waals surface area contributed by atoms with Crippen LogP contribution in [0.5, 0.6) is 5.75 Å². The molecule has 0 radical (unpaired) electrons. The fourth-order valence-electron chi connectivity index (χ4n) is 4.35. The van der Waals surface area contributed by atoms with Gasteiger partial charge in [-0.05, 0) is 68.0 Å². The van der Waals surface area contributed by atoms with Crippen molar-refractivity contribution in [2.45, 2.75) is 51.3 Å². The number of nitriles is 1. The van der Waals surface area contributed by atoms with Crippen LogP contribution in [0.25, 0.3) is 0 Å². The van der Waals surface area contributed by atoms with E-state index in [0.717, 1.165) is 31.2 Å². The molecule has 0 saturated heterocycles. The zero-order chi connectivity index (χ0) is 22.1. The first-order chi connectivity index (χ1) is 14.9. The Balaban J connectivity index is 1.38. The van der Waals surface area contributed by atoms with Gasteiger partial charge in [0.15, 0.2) is 5.78 Å². The van der Waals surface area contributed by atoms with Gasteiger partial charge in [-0.25, -0.2) is 0 Å². The number of amides is 1. The van der Waals surface area contributed by atoms with Gasteiger partial charge in [-0.15, -0.1) is 0 Å². The highest BCUT2D eigenvalue weighted by Crippen LogP contribution is 2.33. The summed E-state index contributed by atoms with van der Waals surface area (Å²) in [4.78, 5) is 27.1. The lowest BCUT2D eigenvalue weighted by Gasteiger charge is -2.34. The molecule has 1 amide bonds. The molecule has 0 bridgehead atoms. The number of carbonyl (C=O) groups excluding carboxylic acids is 2. The van der Waals surface area contributed by atoms with Crippen molar-refractivity contribution in [3.63, 3.8) is 0 Å². The molecule has 2 aliphatic rings. The van der Waals surface area contributed by atoms with Crippen molar-refractivity contribution >= 4 is 23.3 Å². The van der Waals surface area contributed by atoms with E-state index in [4.69, 9.17) is 21.6 Å². The molecule has 2 aromatic carbocycles. The van der Waals surface area contributed by atoms with Crippen LogP contribution in [0.4, 0.5) is 0 Å². The Labute approximate surface area is 186 Å². The van der Waals surface area contributed by atoms with E-state index >= 15 is 0 Å². The van der Waals surface area contributed by atoms with Gasteiger partial charge in [0.2, 0.25) is 0 Å². The Morgan fingerprint density at radius 1 is 1.19 bits per heavy atom. The molecule has 1 fully saturated rings. The number of carbonyl (C=O) groups is 2. The number of fused-ring (bicyclic) bond motifs is 1. The van der Waals surface area contributed by atoms with E-state index in [2.05, 4.69) is 6.58 Å². The van der Waals surface area contributed by atoms with E-state index in [1.165, 1.54) is 0 Å². The monoisotopic (exact) mass is 434 g/mol. The van der Waals surface area contributed by atoms with Gasteiger partial charge in [-0.2, -0.15) is 5.26 Å². The van der Waals surface area contributed by atoms with Crippen LogP contribution < -0.4 is 4.74 Å². The molecular formula is C25H23ClN2O3. The SMILES string of the molecule is C=C(C)C(=O)c1ccc2c(c1)CN(C1CCC(Oc3ccc(C#N)c(Cl)c3)CC1)C2=O. The summed E-state index contributed by atoms with van der Waals surface area (Å²) in [7, 11) is 0. The van der Waals surface area contributed by atoms with Crippen molar-refractivity contribution in [2.24, 2.45) is 0 Å². The number of benzene rings is 2. The summed E-state index contributed by atoms with van der Waals surface area (Å²) in [6, 6.07) is 12.6. The lowest BCUT2D eigenvalue weighted by molar-refractivity contribution is 0.0561. The maximum atomic E-state index is 12.9. The van der Waals surface area contributed by atoms with Crippen molar-refractivity contribution < 1.29 is 14.3 Å². The first kappa shape index (κ1) is 21.1. The minimum absolute atomic E-state index is 0.0348. The van der Waals surface area contributed by atoms with Gasteiger partial charge < -0.3 is 9.64 Å². The summed E-state index contributed by atoms with van der Waals surface area (Å²) >= 11 is 6.09. The highest BCUT2D eigenvalue weighted by atomic mass is 35.5. The van der Waals surface area contributed by atoms with Crippen molar-refractivity contribution in [1.82, 2.24) is 4.90 Å². The molecule has 1 aliphatic carbocycles. The van der Waals surface area contributed by atoms with Crippen molar-refractivity contribution in [3.8, 4) is 11.8 Å². The van der Waals surface area contributed by atoms with E-state index in [0.29, 0.717) is 39.6 Å². The molecule has 1 heterocycles. The Bertz CT molecular complexity index is 1110. The normalized spacial score (nSPS) is 20.2. The van der Waals surface area contributed by atoms with Crippen LogP contribution in [0.1, 0.15) is 64.4 Å². The first-order valence-electron chi connectivity index (χ1n) is 10.4. The number of rotatable bonds is 5. The number of ether oxygens (including phenoxy) is 1. The number of nitrogens with zero attached hydrogens (tertiary/aromatic N) is 2. The molecule has 31 heavy (non-hydrogen) atoms. The third-order valence-electron chi connectivity index (χ3n) is 6.04. The van der Waals surface area contributed by atoms with Gasteiger partial charge in [-0.1, -0.05) is 24.2 Å². The molecule has 4 rings (SSSR count). The van der Waals surface area contributed by atoms with E-state index in [-0.39, 0.29) is 23.8 Å². The second-order valence-electron chi connectivity index (χ2n) is 8.22. The minimum Gasteiger partial charge on any atom is -0.490 e. The number of hydrogen-bond donors (Lipinski definition) is 0. The van der Waals surface area contributed by atoms with Crippen LogP contribution in [0.15, 0.2) is 48.6 Å². The second kappa shape index (κ2) is 8.56. The maximum Gasteiger partial charge on any atom is 0.254 e. The molecular weight excluding hydrogens is 412 g/mol. The van der Waals surface area contributed by atoms with Gasteiger partial charge in [0.1, 0.15) is 11.8 Å². The molecule has 158 valence electrons. The Morgan fingerprint density at radius 3 is 2.58 bits per heavy atom. The Hall–Kier alpha value is -3.10.